The van der Waals surface area contributed by atoms with Gasteiger partial charge in [-0.3, -0.25) is 9.20 Å². The van der Waals surface area contributed by atoms with E-state index in [1.807, 2.05) is 47.0 Å². The third-order valence-corrected chi connectivity index (χ3v) is 4.02. The predicted molar refractivity (Wildman–Crippen MR) is 88.8 cm³/mol. The highest BCUT2D eigenvalue weighted by Gasteiger charge is 2.19. The van der Waals surface area contributed by atoms with Gasteiger partial charge < -0.3 is 5.32 Å². The van der Waals surface area contributed by atoms with E-state index < -0.39 is 0 Å². The monoisotopic (exact) mass is 354 g/mol. The van der Waals surface area contributed by atoms with Crippen molar-refractivity contribution in [2.75, 3.05) is 5.32 Å². The molecule has 1 N–H and O–H groups in total. The number of rotatable bonds is 1. The van der Waals surface area contributed by atoms with Crippen LogP contribution in [0.25, 0.3) is 5.65 Å². The molecule has 1 aliphatic heterocycles. The summed E-state index contributed by atoms with van der Waals surface area (Å²) in [6.45, 7) is 0. The first-order valence-corrected chi connectivity index (χ1v) is 7.59. The van der Waals surface area contributed by atoms with Crippen LogP contribution in [0, 0.1) is 0 Å². The molecule has 0 fully saturated rings. The second-order valence-corrected chi connectivity index (χ2v) is 5.93. The van der Waals surface area contributed by atoms with Gasteiger partial charge in [0, 0.05) is 10.7 Å². The topological polar surface area (TPSA) is 58.8 Å². The standard InChI is InChI=1S/C16H11BrN4O/c17-10-4-5-11-12(7-10)20-16(22)8-13(19-11)14-9-18-15-3-1-2-6-21(14)15/h1-7,9H,8H2,(H,20,22). The SMILES string of the molecule is O=C1CC(c2cnc3ccccn23)=Nc2ccc(Br)cc2N1. The highest BCUT2D eigenvalue weighted by atomic mass is 79.9. The predicted octanol–water partition coefficient (Wildman–Crippen LogP) is 3.56. The van der Waals surface area contributed by atoms with Gasteiger partial charge >= 0.3 is 0 Å². The number of nitrogens with zero attached hydrogens (tertiary/aromatic N) is 3. The summed E-state index contributed by atoms with van der Waals surface area (Å²) >= 11 is 3.41. The number of hydrogen-bond donors (Lipinski definition) is 1. The molecule has 1 aromatic carbocycles. The summed E-state index contributed by atoms with van der Waals surface area (Å²) in [7, 11) is 0. The minimum atomic E-state index is -0.0820. The molecule has 0 atom stereocenters. The number of benzene rings is 1. The van der Waals surface area contributed by atoms with Crippen LogP contribution in [-0.2, 0) is 4.79 Å². The molecule has 4 rings (SSSR count). The molecule has 0 radical (unpaired) electrons. The number of aliphatic imine (C=N–C) groups is 1. The maximum Gasteiger partial charge on any atom is 0.230 e. The summed E-state index contributed by atoms with van der Waals surface area (Å²) in [6, 6.07) is 11.4. The summed E-state index contributed by atoms with van der Waals surface area (Å²) in [6.07, 6.45) is 3.89. The van der Waals surface area contributed by atoms with Crippen LogP contribution >= 0.6 is 15.9 Å². The lowest BCUT2D eigenvalue weighted by Gasteiger charge is -2.04. The molecule has 0 spiro atoms. The minimum Gasteiger partial charge on any atom is -0.324 e. The summed E-state index contributed by atoms with van der Waals surface area (Å²) in [5, 5.41) is 2.89. The first-order valence-electron chi connectivity index (χ1n) is 6.80. The fourth-order valence-electron chi connectivity index (χ4n) is 2.53. The molecule has 0 saturated carbocycles. The van der Waals surface area contributed by atoms with E-state index in [1.165, 1.54) is 0 Å². The van der Waals surface area contributed by atoms with Crippen molar-refractivity contribution in [3.05, 3.63) is 59.0 Å². The molecule has 0 unspecified atom stereocenters. The maximum absolute atomic E-state index is 12.2. The molecule has 1 aliphatic rings. The lowest BCUT2D eigenvalue weighted by Crippen LogP contribution is -2.16. The van der Waals surface area contributed by atoms with E-state index in [9.17, 15) is 4.79 Å². The summed E-state index contributed by atoms with van der Waals surface area (Å²) in [4.78, 5) is 21.2. The third-order valence-electron chi connectivity index (χ3n) is 3.53. The molecule has 3 heterocycles. The van der Waals surface area contributed by atoms with Crippen molar-refractivity contribution < 1.29 is 4.79 Å². The van der Waals surface area contributed by atoms with Gasteiger partial charge in [-0.25, -0.2) is 9.98 Å². The van der Waals surface area contributed by atoms with Crippen molar-refractivity contribution >= 4 is 44.6 Å². The molecule has 5 nitrogen and oxygen atoms in total. The zero-order chi connectivity index (χ0) is 15.1. The van der Waals surface area contributed by atoms with Crippen LogP contribution < -0.4 is 5.32 Å². The molecule has 0 bridgehead atoms. The van der Waals surface area contributed by atoms with E-state index in [2.05, 4.69) is 31.2 Å². The smallest absolute Gasteiger partial charge is 0.230 e. The number of anilines is 1. The van der Waals surface area contributed by atoms with E-state index in [1.54, 1.807) is 6.20 Å². The van der Waals surface area contributed by atoms with Crippen molar-refractivity contribution in [3.8, 4) is 0 Å². The van der Waals surface area contributed by atoms with Crippen molar-refractivity contribution in [2.45, 2.75) is 6.42 Å². The highest BCUT2D eigenvalue weighted by Crippen LogP contribution is 2.31. The van der Waals surface area contributed by atoms with E-state index in [0.717, 1.165) is 21.5 Å². The van der Waals surface area contributed by atoms with Gasteiger partial charge in [0.1, 0.15) is 5.65 Å². The Balaban J connectivity index is 1.90. The fraction of sp³-hybridized carbons (Fsp3) is 0.0625. The van der Waals surface area contributed by atoms with Crippen LogP contribution in [0.4, 0.5) is 11.4 Å². The molecule has 3 aromatic rings. The first-order chi connectivity index (χ1) is 10.7. The average Bonchev–Trinajstić information content (AvgIpc) is 2.85. The Morgan fingerprint density at radius 2 is 2.14 bits per heavy atom. The number of fused-ring (bicyclic) bond motifs is 2. The average molecular weight is 355 g/mol. The Morgan fingerprint density at radius 1 is 1.23 bits per heavy atom. The van der Waals surface area contributed by atoms with E-state index in [4.69, 9.17) is 0 Å². The Bertz CT molecular complexity index is 929. The van der Waals surface area contributed by atoms with Crippen molar-refractivity contribution in [1.29, 1.82) is 0 Å². The first kappa shape index (κ1) is 13.2. The molecule has 22 heavy (non-hydrogen) atoms. The molecule has 1 amide bonds. The highest BCUT2D eigenvalue weighted by molar-refractivity contribution is 9.10. The number of halogens is 1. The maximum atomic E-state index is 12.2. The number of amides is 1. The van der Waals surface area contributed by atoms with Crippen molar-refractivity contribution in [3.63, 3.8) is 0 Å². The van der Waals surface area contributed by atoms with Gasteiger partial charge in [0.15, 0.2) is 0 Å². The summed E-state index contributed by atoms with van der Waals surface area (Å²) in [5.41, 5.74) is 3.83. The van der Waals surface area contributed by atoms with Crippen molar-refractivity contribution in [2.24, 2.45) is 4.99 Å². The lowest BCUT2D eigenvalue weighted by atomic mass is 10.2. The van der Waals surface area contributed by atoms with Crippen molar-refractivity contribution in [1.82, 2.24) is 9.38 Å². The largest absolute Gasteiger partial charge is 0.324 e. The van der Waals surface area contributed by atoms with Crippen LogP contribution in [0.3, 0.4) is 0 Å². The van der Waals surface area contributed by atoms with Gasteiger partial charge in [0.05, 0.1) is 35.4 Å². The van der Waals surface area contributed by atoms with Crippen LogP contribution in [0.15, 0.2) is 58.3 Å². The minimum absolute atomic E-state index is 0.0820. The second kappa shape index (κ2) is 5.06. The van der Waals surface area contributed by atoms with Gasteiger partial charge in [-0.15, -0.1) is 0 Å². The van der Waals surface area contributed by atoms with Gasteiger partial charge in [0.2, 0.25) is 5.91 Å². The molecule has 108 valence electrons. The summed E-state index contributed by atoms with van der Waals surface area (Å²) < 4.78 is 2.84. The molecule has 2 aromatic heterocycles. The Kier molecular flexibility index (Phi) is 3.04. The second-order valence-electron chi connectivity index (χ2n) is 5.02. The number of hydrogen-bond acceptors (Lipinski definition) is 3. The fourth-order valence-corrected chi connectivity index (χ4v) is 2.89. The molecule has 0 saturated heterocycles. The lowest BCUT2D eigenvalue weighted by molar-refractivity contribution is -0.115. The van der Waals surface area contributed by atoms with Gasteiger partial charge in [-0.05, 0) is 30.3 Å². The number of nitrogens with one attached hydrogen (secondary N) is 1. The zero-order valence-corrected chi connectivity index (χ0v) is 13.0. The van der Waals surface area contributed by atoms with Crippen LogP contribution in [0.5, 0.6) is 0 Å². The number of carbonyl (C=O) groups is 1. The Labute approximate surface area is 134 Å². The summed E-state index contributed by atoms with van der Waals surface area (Å²) in [5.74, 6) is -0.0820. The van der Waals surface area contributed by atoms with E-state index in [-0.39, 0.29) is 12.3 Å². The van der Waals surface area contributed by atoms with Crippen LogP contribution in [0.1, 0.15) is 12.1 Å². The third kappa shape index (κ3) is 2.21. The molecular formula is C16H11BrN4O. The molecule has 0 aliphatic carbocycles. The molecule has 6 heteroatoms. The quantitative estimate of drug-likeness (QED) is 0.726. The van der Waals surface area contributed by atoms with Crippen LogP contribution in [-0.4, -0.2) is 21.0 Å². The molecular weight excluding hydrogens is 344 g/mol. The number of carbonyl (C=O) groups excluding carboxylic acids is 1. The normalized spacial score (nSPS) is 14.2. The van der Waals surface area contributed by atoms with Gasteiger partial charge in [-0.1, -0.05) is 22.0 Å². The number of imidazole rings is 1. The number of pyridine rings is 1. The van der Waals surface area contributed by atoms with Gasteiger partial charge in [-0.2, -0.15) is 0 Å². The van der Waals surface area contributed by atoms with E-state index in [0.29, 0.717) is 11.4 Å². The van der Waals surface area contributed by atoms with E-state index >= 15 is 0 Å². The van der Waals surface area contributed by atoms with Crippen LogP contribution in [0.2, 0.25) is 0 Å². The Morgan fingerprint density at radius 3 is 3.05 bits per heavy atom. The Hall–Kier alpha value is -2.47. The number of aromatic nitrogens is 2. The van der Waals surface area contributed by atoms with Gasteiger partial charge in [0.25, 0.3) is 0 Å². The zero-order valence-electron chi connectivity index (χ0n) is 11.5.